The molecule has 3 saturated heterocycles. The number of hydrogen-bond acceptors (Lipinski definition) is 2. The Labute approximate surface area is 106 Å². The third kappa shape index (κ3) is 1.62. The SMILES string of the molecule is c1ccc2sc(C3CN4CCC3CC4)cc2c1. The minimum atomic E-state index is 0.815. The van der Waals surface area contributed by atoms with E-state index < -0.39 is 0 Å². The van der Waals surface area contributed by atoms with Gasteiger partial charge >= 0.3 is 0 Å². The lowest BCUT2D eigenvalue weighted by Gasteiger charge is -2.44. The predicted octanol–water partition coefficient (Wildman–Crippen LogP) is 3.71. The van der Waals surface area contributed by atoms with E-state index in [0.29, 0.717) is 0 Å². The van der Waals surface area contributed by atoms with Gasteiger partial charge in [-0.1, -0.05) is 18.2 Å². The summed E-state index contributed by atoms with van der Waals surface area (Å²) in [5.74, 6) is 1.77. The molecule has 0 saturated carbocycles. The van der Waals surface area contributed by atoms with Gasteiger partial charge in [0.15, 0.2) is 0 Å². The summed E-state index contributed by atoms with van der Waals surface area (Å²) in [5.41, 5.74) is 0. The summed E-state index contributed by atoms with van der Waals surface area (Å²) in [6.45, 7) is 3.98. The van der Waals surface area contributed by atoms with Crippen LogP contribution in [0.3, 0.4) is 0 Å². The van der Waals surface area contributed by atoms with Crippen molar-refractivity contribution < 1.29 is 0 Å². The molecule has 1 nitrogen and oxygen atoms in total. The van der Waals surface area contributed by atoms with Gasteiger partial charge in [-0.2, -0.15) is 0 Å². The first-order valence-corrected chi connectivity index (χ1v) is 7.42. The first-order chi connectivity index (χ1) is 8.40. The van der Waals surface area contributed by atoms with Crippen LogP contribution in [0.2, 0.25) is 0 Å². The van der Waals surface area contributed by atoms with Crippen LogP contribution in [0.1, 0.15) is 23.6 Å². The van der Waals surface area contributed by atoms with Crippen molar-refractivity contribution in [2.45, 2.75) is 18.8 Å². The summed E-state index contributed by atoms with van der Waals surface area (Å²) in [7, 11) is 0. The van der Waals surface area contributed by atoms with Crippen molar-refractivity contribution in [3.8, 4) is 0 Å². The van der Waals surface area contributed by atoms with Gasteiger partial charge in [0, 0.05) is 22.0 Å². The molecule has 1 unspecified atom stereocenters. The molecule has 0 spiro atoms. The zero-order chi connectivity index (χ0) is 11.2. The minimum Gasteiger partial charge on any atom is -0.303 e. The molecule has 1 aromatic carbocycles. The van der Waals surface area contributed by atoms with E-state index in [0.717, 1.165) is 11.8 Å². The number of piperidine rings is 3. The van der Waals surface area contributed by atoms with Crippen LogP contribution in [0.5, 0.6) is 0 Å². The smallest absolute Gasteiger partial charge is 0.0345 e. The molecular weight excluding hydrogens is 226 g/mol. The molecule has 0 aliphatic carbocycles. The number of fused-ring (bicyclic) bond motifs is 4. The molecule has 17 heavy (non-hydrogen) atoms. The monoisotopic (exact) mass is 243 g/mol. The van der Waals surface area contributed by atoms with Crippen molar-refractivity contribution in [3.63, 3.8) is 0 Å². The highest BCUT2D eigenvalue weighted by molar-refractivity contribution is 7.19. The fourth-order valence-electron chi connectivity index (χ4n) is 3.47. The Morgan fingerprint density at radius 3 is 2.65 bits per heavy atom. The summed E-state index contributed by atoms with van der Waals surface area (Å²) >= 11 is 2.02. The van der Waals surface area contributed by atoms with Gasteiger partial charge in [-0.3, -0.25) is 0 Å². The maximum absolute atomic E-state index is 2.65. The molecular formula is C15H17NS. The third-order valence-electron chi connectivity index (χ3n) is 4.47. The molecule has 2 heteroatoms. The van der Waals surface area contributed by atoms with Crippen LogP contribution in [0.4, 0.5) is 0 Å². The first kappa shape index (κ1) is 10.1. The molecule has 88 valence electrons. The molecule has 2 bridgehead atoms. The zero-order valence-electron chi connectivity index (χ0n) is 9.93. The van der Waals surface area contributed by atoms with Crippen molar-refractivity contribution in [1.82, 2.24) is 4.90 Å². The van der Waals surface area contributed by atoms with Crippen LogP contribution in [0.25, 0.3) is 10.1 Å². The fourth-order valence-corrected chi connectivity index (χ4v) is 4.72. The van der Waals surface area contributed by atoms with Crippen LogP contribution in [0.15, 0.2) is 30.3 Å². The Hall–Kier alpha value is -0.860. The van der Waals surface area contributed by atoms with Gasteiger partial charge < -0.3 is 4.90 Å². The Morgan fingerprint density at radius 2 is 1.94 bits per heavy atom. The average molecular weight is 243 g/mol. The van der Waals surface area contributed by atoms with Crippen LogP contribution >= 0.6 is 11.3 Å². The first-order valence-electron chi connectivity index (χ1n) is 6.61. The van der Waals surface area contributed by atoms with E-state index in [1.165, 1.54) is 42.6 Å². The Balaban J connectivity index is 1.74. The van der Waals surface area contributed by atoms with E-state index in [1.807, 2.05) is 11.3 Å². The highest BCUT2D eigenvalue weighted by atomic mass is 32.1. The Bertz CT molecular complexity index is 504. The van der Waals surface area contributed by atoms with Crippen LogP contribution in [-0.4, -0.2) is 24.5 Å². The highest BCUT2D eigenvalue weighted by Crippen LogP contribution is 2.42. The molecule has 2 aromatic rings. The predicted molar refractivity (Wildman–Crippen MR) is 73.7 cm³/mol. The lowest BCUT2D eigenvalue weighted by molar-refractivity contribution is 0.0885. The zero-order valence-corrected chi connectivity index (χ0v) is 10.7. The van der Waals surface area contributed by atoms with Gasteiger partial charge in [0.1, 0.15) is 0 Å². The minimum absolute atomic E-state index is 0.815. The van der Waals surface area contributed by atoms with E-state index >= 15 is 0 Å². The largest absolute Gasteiger partial charge is 0.303 e. The van der Waals surface area contributed by atoms with Crippen molar-refractivity contribution in [3.05, 3.63) is 35.2 Å². The van der Waals surface area contributed by atoms with E-state index in [2.05, 4.69) is 35.2 Å². The molecule has 0 radical (unpaired) electrons. The van der Waals surface area contributed by atoms with E-state index in [4.69, 9.17) is 0 Å². The van der Waals surface area contributed by atoms with Crippen LogP contribution in [-0.2, 0) is 0 Å². The summed E-state index contributed by atoms with van der Waals surface area (Å²) in [4.78, 5) is 4.27. The molecule has 4 heterocycles. The summed E-state index contributed by atoms with van der Waals surface area (Å²) < 4.78 is 1.46. The lowest BCUT2D eigenvalue weighted by Crippen LogP contribution is -2.45. The molecule has 5 rings (SSSR count). The molecule has 0 amide bonds. The van der Waals surface area contributed by atoms with Crippen LogP contribution < -0.4 is 0 Å². The Morgan fingerprint density at radius 1 is 1.12 bits per heavy atom. The molecule has 0 N–H and O–H groups in total. The summed E-state index contributed by atoms with van der Waals surface area (Å²) in [5, 5.41) is 1.43. The topological polar surface area (TPSA) is 3.24 Å². The second kappa shape index (κ2) is 3.82. The van der Waals surface area contributed by atoms with Gasteiger partial charge in [-0.15, -0.1) is 11.3 Å². The van der Waals surface area contributed by atoms with Gasteiger partial charge in [-0.25, -0.2) is 0 Å². The third-order valence-corrected chi connectivity index (χ3v) is 5.71. The number of thiophene rings is 1. The molecule has 1 atom stereocenters. The van der Waals surface area contributed by atoms with E-state index in [9.17, 15) is 0 Å². The second-order valence-corrected chi connectivity index (χ2v) is 6.55. The summed E-state index contributed by atoms with van der Waals surface area (Å²) in [6, 6.07) is 11.2. The lowest BCUT2D eigenvalue weighted by atomic mass is 9.78. The van der Waals surface area contributed by atoms with Gasteiger partial charge in [0.25, 0.3) is 0 Å². The number of hydrogen-bond donors (Lipinski definition) is 0. The van der Waals surface area contributed by atoms with Crippen molar-refractivity contribution in [1.29, 1.82) is 0 Å². The van der Waals surface area contributed by atoms with Gasteiger partial charge in [0.05, 0.1) is 0 Å². The number of nitrogens with zero attached hydrogens (tertiary/aromatic N) is 1. The normalized spacial score (nSPS) is 32.1. The average Bonchev–Trinajstić information content (AvgIpc) is 2.83. The molecule has 1 aromatic heterocycles. The molecule has 3 fully saturated rings. The Kier molecular flexibility index (Phi) is 2.27. The van der Waals surface area contributed by atoms with Gasteiger partial charge in [0.2, 0.25) is 0 Å². The van der Waals surface area contributed by atoms with Crippen molar-refractivity contribution >= 4 is 21.4 Å². The summed E-state index contributed by atoms with van der Waals surface area (Å²) in [6.07, 6.45) is 2.83. The maximum atomic E-state index is 2.65. The fraction of sp³-hybridized carbons (Fsp3) is 0.467. The second-order valence-electron chi connectivity index (χ2n) is 5.43. The highest BCUT2D eigenvalue weighted by Gasteiger charge is 2.35. The molecule has 3 aliphatic heterocycles. The van der Waals surface area contributed by atoms with E-state index in [1.54, 1.807) is 4.88 Å². The number of benzene rings is 1. The quantitative estimate of drug-likeness (QED) is 0.738. The maximum Gasteiger partial charge on any atom is 0.0345 e. The van der Waals surface area contributed by atoms with Crippen LogP contribution in [0, 0.1) is 5.92 Å². The van der Waals surface area contributed by atoms with Crippen molar-refractivity contribution in [2.24, 2.45) is 5.92 Å². The standard InChI is InChI=1S/C15H17NS/c1-2-4-14-12(3-1)9-15(17-14)13-10-16-7-5-11(13)6-8-16/h1-4,9,11,13H,5-8,10H2. The number of rotatable bonds is 1. The van der Waals surface area contributed by atoms with Crippen molar-refractivity contribution in [2.75, 3.05) is 19.6 Å². The van der Waals surface area contributed by atoms with E-state index in [-0.39, 0.29) is 0 Å². The van der Waals surface area contributed by atoms with Gasteiger partial charge in [-0.05, 0) is 49.4 Å². The molecule has 3 aliphatic rings.